The van der Waals surface area contributed by atoms with Crippen LogP contribution in [0.5, 0.6) is 0 Å². The molecule has 1 N–H and O–H groups in total. The van der Waals surface area contributed by atoms with Crippen molar-refractivity contribution in [1.82, 2.24) is 5.32 Å². The van der Waals surface area contributed by atoms with Crippen LogP contribution in [0.1, 0.15) is 13.8 Å². The van der Waals surface area contributed by atoms with E-state index in [4.69, 9.17) is 0 Å². The van der Waals surface area contributed by atoms with E-state index in [2.05, 4.69) is 17.9 Å². The van der Waals surface area contributed by atoms with Crippen molar-refractivity contribution in [2.24, 2.45) is 0 Å². The van der Waals surface area contributed by atoms with Crippen LogP contribution >= 0.6 is 12.6 Å². The van der Waals surface area contributed by atoms with Gasteiger partial charge in [-0.1, -0.05) is 0 Å². The maximum absolute atomic E-state index is 10.1. The summed E-state index contributed by atoms with van der Waals surface area (Å²) in [6, 6.07) is 0. The molecule has 42 valence electrons. The molecule has 0 heterocycles. The minimum Gasteiger partial charge on any atom is -0.345 e. The highest BCUT2D eigenvalue weighted by Gasteiger charge is 1.91. The first-order chi connectivity index (χ1) is 3.13. The van der Waals surface area contributed by atoms with Crippen molar-refractivity contribution in [2.45, 2.75) is 19.2 Å². The fraction of sp³-hybridized carbons (Fsp3) is 0.750. The van der Waals surface area contributed by atoms with E-state index in [-0.39, 0.29) is 11.3 Å². The Balaban J connectivity index is 3.13. The van der Waals surface area contributed by atoms with Crippen LogP contribution in [0.25, 0.3) is 0 Å². The molecule has 0 aliphatic rings. The van der Waals surface area contributed by atoms with Gasteiger partial charge in [0.25, 0.3) is 0 Å². The summed E-state index contributed by atoms with van der Waals surface area (Å²) >= 11 is 3.91. The van der Waals surface area contributed by atoms with Gasteiger partial charge >= 0.3 is 0 Å². The second-order valence-electron chi connectivity index (χ2n) is 1.38. The molecule has 0 aromatic rings. The lowest BCUT2D eigenvalue weighted by Crippen LogP contribution is -2.25. The molecule has 0 radical (unpaired) electrons. The minimum absolute atomic E-state index is 0.0301. The molecule has 1 atom stereocenters. The summed E-state index contributed by atoms with van der Waals surface area (Å²) in [6.45, 7) is 3.26. The SMILES string of the molecule is CC(=O)NC(C)S. The first-order valence-electron chi connectivity index (χ1n) is 2.08. The highest BCUT2D eigenvalue weighted by Crippen LogP contribution is 1.82. The Labute approximate surface area is 48.7 Å². The number of rotatable bonds is 1. The zero-order valence-electron chi connectivity index (χ0n) is 4.43. The van der Waals surface area contributed by atoms with Crippen molar-refractivity contribution in [1.29, 1.82) is 0 Å². The number of hydrogen-bond acceptors (Lipinski definition) is 2. The Kier molecular flexibility index (Phi) is 2.83. The van der Waals surface area contributed by atoms with E-state index in [1.165, 1.54) is 6.92 Å². The molecule has 1 amide bonds. The molecular formula is C4H9NOS. The second-order valence-corrected chi connectivity index (χ2v) is 2.15. The quantitative estimate of drug-likeness (QED) is 0.379. The molecule has 0 aliphatic heterocycles. The van der Waals surface area contributed by atoms with Gasteiger partial charge in [0.05, 0.1) is 5.37 Å². The van der Waals surface area contributed by atoms with E-state index in [1.807, 2.05) is 0 Å². The van der Waals surface area contributed by atoms with Gasteiger partial charge in [0, 0.05) is 6.92 Å². The van der Waals surface area contributed by atoms with Gasteiger partial charge in [-0.25, -0.2) is 0 Å². The summed E-state index contributed by atoms with van der Waals surface area (Å²) in [5.41, 5.74) is 0. The fourth-order valence-electron chi connectivity index (χ4n) is 0.294. The van der Waals surface area contributed by atoms with Crippen molar-refractivity contribution in [3.8, 4) is 0 Å². The second kappa shape index (κ2) is 2.91. The number of thiol groups is 1. The summed E-state index contributed by atoms with van der Waals surface area (Å²) in [4.78, 5) is 10.1. The summed E-state index contributed by atoms with van der Waals surface area (Å²) in [7, 11) is 0. The summed E-state index contributed by atoms with van der Waals surface area (Å²) in [5.74, 6) is -0.0394. The van der Waals surface area contributed by atoms with Crippen LogP contribution in [0.4, 0.5) is 0 Å². The van der Waals surface area contributed by atoms with Crippen molar-refractivity contribution in [3.05, 3.63) is 0 Å². The lowest BCUT2D eigenvalue weighted by Gasteiger charge is -2.01. The van der Waals surface area contributed by atoms with Gasteiger partial charge in [0.1, 0.15) is 0 Å². The Hall–Kier alpha value is -0.180. The minimum atomic E-state index is -0.0394. The van der Waals surface area contributed by atoms with Crippen LogP contribution in [-0.4, -0.2) is 11.3 Å². The third kappa shape index (κ3) is 5.82. The number of amides is 1. The van der Waals surface area contributed by atoms with Crippen LogP contribution < -0.4 is 5.32 Å². The highest BCUT2D eigenvalue weighted by molar-refractivity contribution is 7.80. The van der Waals surface area contributed by atoms with Crippen molar-refractivity contribution < 1.29 is 4.79 Å². The summed E-state index contributed by atoms with van der Waals surface area (Å²) in [6.07, 6.45) is 0. The van der Waals surface area contributed by atoms with E-state index in [1.54, 1.807) is 6.92 Å². The highest BCUT2D eigenvalue weighted by atomic mass is 32.1. The van der Waals surface area contributed by atoms with Crippen LogP contribution in [0.2, 0.25) is 0 Å². The predicted octanol–water partition coefficient (Wildman–Crippen LogP) is 0.398. The number of nitrogens with one attached hydrogen (secondary N) is 1. The molecule has 0 spiro atoms. The van der Waals surface area contributed by atoms with E-state index in [0.29, 0.717) is 0 Å². The molecule has 0 fully saturated rings. The van der Waals surface area contributed by atoms with Crippen molar-refractivity contribution in [3.63, 3.8) is 0 Å². The smallest absolute Gasteiger partial charge is 0.217 e. The molecule has 0 saturated heterocycles. The fourth-order valence-corrected chi connectivity index (χ4v) is 0.476. The van der Waals surface area contributed by atoms with Gasteiger partial charge in [-0.15, -0.1) is 0 Å². The zero-order valence-corrected chi connectivity index (χ0v) is 5.33. The predicted molar refractivity (Wildman–Crippen MR) is 32.3 cm³/mol. The van der Waals surface area contributed by atoms with Gasteiger partial charge in [-0.3, -0.25) is 4.79 Å². The Morgan fingerprint density at radius 1 is 1.86 bits per heavy atom. The average molecular weight is 119 g/mol. The average Bonchev–Trinajstić information content (AvgIpc) is 1.27. The zero-order chi connectivity index (χ0) is 5.86. The van der Waals surface area contributed by atoms with Crippen LogP contribution in [0.3, 0.4) is 0 Å². The lowest BCUT2D eigenvalue weighted by atomic mass is 10.6. The lowest BCUT2D eigenvalue weighted by molar-refractivity contribution is -0.119. The first-order valence-corrected chi connectivity index (χ1v) is 2.59. The molecule has 0 aliphatic carbocycles. The van der Waals surface area contributed by atoms with E-state index >= 15 is 0 Å². The Bertz CT molecular complexity index is 72.1. The van der Waals surface area contributed by atoms with E-state index in [9.17, 15) is 4.79 Å². The Morgan fingerprint density at radius 3 is 2.29 bits per heavy atom. The van der Waals surface area contributed by atoms with Gasteiger partial charge in [0.2, 0.25) is 5.91 Å². The first kappa shape index (κ1) is 6.82. The molecule has 0 aromatic carbocycles. The molecule has 0 saturated carbocycles. The van der Waals surface area contributed by atoms with Crippen LogP contribution in [0, 0.1) is 0 Å². The summed E-state index contributed by atoms with van der Waals surface area (Å²) in [5, 5.41) is 2.50. The number of carbonyl (C=O) groups is 1. The molecule has 3 heteroatoms. The van der Waals surface area contributed by atoms with Gasteiger partial charge in [-0.05, 0) is 6.92 Å². The topological polar surface area (TPSA) is 29.1 Å². The molecule has 0 bridgehead atoms. The van der Waals surface area contributed by atoms with Crippen molar-refractivity contribution in [2.75, 3.05) is 0 Å². The summed E-state index contributed by atoms with van der Waals surface area (Å²) < 4.78 is 0. The maximum atomic E-state index is 10.1. The standard InChI is InChI=1S/C4H9NOS/c1-3(6)5-4(2)7/h4,7H,1-2H3,(H,5,6). The third-order valence-corrected chi connectivity index (χ3v) is 0.541. The molecule has 1 unspecified atom stereocenters. The monoisotopic (exact) mass is 119 g/mol. The van der Waals surface area contributed by atoms with Gasteiger partial charge in [-0.2, -0.15) is 12.6 Å². The number of carbonyl (C=O) groups excluding carboxylic acids is 1. The maximum Gasteiger partial charge on any atom is 0.217 e. The number of hydrogen-bond donors (Lipinski definition) is 2. The Morgan fingerprint density at radius 2 is 2.29 bits per heavy atom. The van der Waals surface area contributed by atoms with Crippen LogP contribution in [-0.2, 0) is 4.79 Å². The van der Waals surface area contributed by atoms with Crippen molar-refractivity contribution >= 4 is 18.5 Å². The molecule has 7 heavy (non-hydrogen) atoms. The van der Waals surface area contributed by atoms with Gasteiger partial charge < -0.3 is 5.32 Å². The normalized spacial score (nSPS) is 13.0. The molecule has 0 aromatic heterocycles. The van der Waals surface area contributed by atoms with E-state index in [0.717, 1.165) is 0 Å². The molecule has 0 rings (SSSR count). The largest absolute Gasteiger partial charge is 0.345 e. The molecular weight excluding hydrogens is 110 g/mol. The third-order valence-electron chi connectivity index (χ3n) is 0.412. The van der Waals surface area contributed by atoms with E-state index < -0.39 is 0 Å². The van der Waals surface area contributed by atoms with Crippen LogP contribution in [0.15, 0.2) is 0 Å². The van der Waals surface area contributed by atoms with Gasteiger partial charge in [0.15, 0.2) is 0 Å². The molecule has 2 nitrogen and oxygen atoms in total.